The Morgan fingerprint density at radius 1 is 1.24 bits per heavy atom. The van der Waals surface area contributed by atoms with Gasteiger partial charge in [0.1, 0.15) is 16.7 Å². The van der Waals surface area contributed by atoms with Crippen molar-refractivity contribution in [3.63, 3.8) is 0 Å². The van der Waals surface area contributed by atoms with Gasteiger partial charge in [0.2, 0.25) is 0 Å². The number of amides is 1. The molecular weight excluding hydrogens is 430 g/mol. The van der Waals surface area contributed by atoms with Crippen molar-refractivity contribution in [1.82, 2.24) is 4.90 Å². The fourth-order valence-corrected chi connectivity index (χ4v) is 4.24. The van der Waals surface area contributed by atoms with Crippen LogP contribution in [-0.2, 0) is 16.2 Å². The van der Waals surface area contributed by atoms with Crippen LogP contribution in [0.15, 0.2) is 53.4 Å². The van der Waals surface area contributed by atoms with E-state index in [2.05, 4.69) is 0 Å². The van der Waals surface area contributed by atoms with Gasteiger partial charge in [0, 0.05) is 13.0 Å². The minimum absolute atomic E-state index is 0.00381. The van der Waals surface area contributed by atoms with Crippen LogP contribution in [0.1, 0.15) is 24.0 Å². The summed E-state index contributed by atoms with van der Waals surface area (Å²) >= 11 is 12.8. The number of nitrogens with zero attached hydrogens (tertiary/aromatic N) is 1. The lowest BCUT2D eigenvalue weighted by atomic mass is 10.2. The van der Waals surface area contributed by atoms with Crippen molar-refractivity contribution < 1.29 is 19.4 Å². The molecule has 0 radical (unpaired) electrons. The molecule has 1 saturated heterocycles. The highest BCUT2D eigenvalue weighted by atomic mass is 35.5. The molecule has 8 heteroatoms. The summed E-state index contributed by atoms with van der Waals surface area (Å²) in [5.41, 5.74) is 1.80. The number of halogens is 1. The zero-order chi connectivity index (χ0) is 20.8. The molecule has 0 saturated carbocycles. The number of aliphatic carboxylic acids is 1. The number of hydrogen-bond donors (Lipinski definition) is 1. The van der Waals surface area contributed by atoms with Gasteiger partial charge >= 0.3 is 5.97 Å². The second kappa shape index (κ2) is 9.91. The third-order valence-corrected chi connectivity index (χ3v) is 5.81. The molecule has 0 atom stereocenters. The van der Waals surface area contributed by atoms with Gasteiger partial charge < -0.3 is 9.84 Å². The quantitative estimate of drug-likeness (QED) is 0.454. The van der Waals surface area contributed by atoms with Gasteiger partial charge in [-0.05, 0) is 35.8 Å². The van der Waals surface area contributed by atoms with E-state index in [9.17, 15) is 9.59 Å². The maximum absolute atomic E-state index is 12.6. The molecule has 0 unspecified atom stereocenters. The fraction of sp³-hybridized carbons (Fsp3) is 0.190. The van der Waals surface area contributed by atoms with Gasteiger partial charge in [-0.15, -0.1) is 0 Å². The summed E-state index contributed by atoms with van der Waals surface area (Å²) < 4.78 is 6.20. The Labute approximate surface area is 183 Å². The Bertz CT molecular complexity index is 962. The number of thioether (sulfide) groups is 1. The molecule has 3 rings (SSSR count). The van der Waals surface area contributed by atoms with Crippen LogP contribution in [0.3, 0.4) is 0 Å². The molecule has 150 valence electrons. The molecule has 1 aliphatic rings. The van der Waals surface area contributed by atoms with Crippen molar-refractivity contribution >= 4 is 57.9 Å². The van der Waals surface area contributed by atoms with E-state index in [4.69, 9.17) is 33.7 Å². The average Bonchev–Trinajstić information content (AvgIpc) is 2.95. The highest BCUT2D eigenvalue weighted by molar-refractivity contribution is 8.26. The van der Waals surface area contributed by atoms with Crippen LogP contribution in [0.5, 0.6) is 5.75 Å². The number of carboxylic acids is 1. The number of carbonyl (C=O) groups is 2. The zero-order valence-corrected chi connectivity index (χ0v) is 17.7. The minimum Gasteiger partial charge on any atom is -0.487 e. The van der Waals surface area contributed by atoms with Crippen LogP contribution in [0.4, 0.5) is 0 Å². The van der Waals surface area contributed by atoms with E-state index in [1.165, 1.54) is 16.7 Å². The second-order valence-corrected chi connectivity index (χ2v) is 8.38. The van der Waals surface area contributed by atoms with Gasteiger partial charge in [-0.25, -0.2) is 0 Å². The molecule has 1 aliphatic heterocycles. The van der Waals surface area contributed by atoms with E-state index < -0.39 is 5.97 Å². The molecule has 1 amide bonds. The molecule has 1 fully saturated rings. The molecule has 5 nitrogen and oxygen atoms in total. The first-order chi connectivity index (χ1) is 13.9. The lowest BCUT2D eigenvalue weighted by molar-refractivity contribution is -0.137. The van der Waals surface area contributed by atoms with Gasteiger partial charge in [0.25, 0.3) is 5.91 Å². The topological polar surface area (TPSA) is 66.8 Å². The van der Waals surface area contributed by atoms with Gasteiger partial charge in [-0.2, -0.15) is 0 Å². The van der Waals surface area contributed by atoms with E-state index in [-0.39, 0.29) is 12.3 Å². The SMILES string of the molecule is O=C(O)CCCN1C(=O)C(=Cc2ccc(OCc3ccccc3)c(Cl)c2)SC1=S. The molecule has 0 aliphatic carbocycles. The number of thiocarbonyl (C=S) groups is 1. The highest BCUT2D eigenvalue weighted by Gasteiger charge is 2.31. The monoisotopic (exact) mass is 447 g/mol. The molecule has 0 aromatic heterocycles. The maximum Gasteiger partial charge on any atom is 0.303 e. The molecule has 29 heavy (non-hydrogen) atoms. The first-order valence-electron chi connectivity index (χ1n) is 8.87. The number of carbonyl (C=O) groups excluding carboxylic acids is 1. The third-order valence-electron chi connectivity index (χ3n) is 4.14. The molecule has 0 spiro atoms. The smallest absolute Gasteiger partial charge is 0.303 e. The standard InChI is InChI=1S/C21H18ClNO4S2/c22-16-11-15(8-9-17(16)27-13-14-5-2-1-3-6-14)12-18-20(26)23(21(28)29-18)10-4-7-19(24)25/h1-3,5-6,8-9,11-12H,4,7,10,13H2,(H,24,25). The number of ether oxygens (including phenoxy) is 1. The summed E-state index contributed by atoms with van der Waals surface area (Å²) in [5, 5.41) is 9.19. The second-order valence-electron chi connectivity index (χ2n) is 6.29. The van der Waals surface area contributed by atoms with Crippen molar-refractivity contribution in [2.75, 3.05) is 6.54 Å². The first kappa shape index (κ1) is 21.4. The molecule has 1 heterocycles. The highest BCUT2D eigenvalue weighted by Crippen LogP contribution is 2.34. The Morgan fingerprint density at radius 2 is 2.00 bits per heavy atom. The first-order valence-corrected chi connectivity index (χ1v) is 10.5. The number of benzene rings is 2. The summed E-state index contributed by atoms with van der Waals surface area (Å²) in [6, 6.07) is 15.1. The average molecular weight is 448 g/mol. The Morgan fingerprint density at radius 3 is 2.69 bits per heavy atom. The summed E-state index contributed by atoms with van der Waals surface area (Å²) in [5.74, 6) is -0.546. The zero-order valence-electron chi connectivity index (χ0n) is 15.3. The van der Waals surface area contributed by atoms with Crippen LogP contribution >= 0.6 is 35.6 Å². The Hall–Kier alpha value is -2.35. The number of rotatable bonds is 8. The van der Waals surface area contributed by atoms with Crippen molar-refractivity contribution in [2.45, 2.75) is 19.4 Å². The predicted molar refractivity (Wildman–Crippen MR) is 119 cm³/mol. The molecular formula is C21H18ClNO4S2. The van der Waals surface area contributed by atoms with Gasteiger partial charge in [0.15, 0.2) is 0 Å². The van der Waals surface area contributed by atoms with Crippen molar-refractivity contribution in [3.05, 3.63) is 69.6 Å². The van der Waals surface area contributed by atoms with Crippen LogP contribution in [0.2, 0.25) is 5.02 Å². The van der Waals surface area contributed by atoms with E-state index >= 15 is 0 Å². The van der Waals surface area contributed by atoms with Crippen molar-refractivity contribution in [3.8, 4) is 5.75 Å². The number of carboxylic acid groups (broad SMARTS) is 1. The van der Waals surface area contributed by atoms with E-state index in [0.29, 0.717) is 39.6 Å². The molecule has 1 N–H and O–H groups in total. The van der Waals surface area contributed by atoms with Gasteiger partial charge in [0.05, 0.1) is 9.93 Å². The maximum atomic E-state index is 12.6. The van der Waals surface area contributed by atoms with Crippen LogP contribution in [0, 0.1) is 0 Å². The molecule has 2 aromatic carbocycles. The van der Waals surface area contributed by atoms with Gasteiger partial charge in [-0.1, -0.05) is 72.0 Å². The summed E-state index contributed by atoms with van der Waals surface area (Å²) in [7, 11) is 0. The van der Waals surface area contributed by atoms with E-state index in [1.54, 1.807) is 18.2 Å². The lowest BCUT2D eigenvalue weighted by Gasteiger charge is -2.13. The Kier molecular flexibility index (Phi) is 7.30. The predicted octanol–water partition coefficient (Wildman–Crippen LogP) is 4.99. The van der Waals surface area contributed by atoms with Crippen molar-refractivity contribution in [1.29, 1.82) is 0 Å². The third kappa shape index (κ3) is 5.82. The van der Waals surface area contributed by atoms with E-state index in [0.717, 1.165) is 11.1 Å². The Balaban J connectivity index is 1.65. The fourth-order valence-electron chi connectivity index (χ4n) is 2.69. The summed E-state index contributed by atoms with van der Waals surface area (Å²) in [4.78, 5) is 25.1. The summed E-state index contributed by atoms with van der Waals surface area (Å²) in [6.45, 7) is 0.705. The van der Waals surface area contributed by atoms with Crippen LogP contribution < -0.4 is 4.74 Å². The molecule has 2 aromatic rings. The van der Waals surface area contributed by atoms with E-state index in [1.807, 2.05) is 36.4 Å². The number of hydrogen-bond acceptors (Lipinski definition) is 5. The van der Waals surface area contributed by atoms with Crippen LogP contribution in [-0.4, -0.2) is 32.7 Å². The molecule has 0 bridgehead atoms. The normalized spacial score (nSPS) is 15.2. The van der Waals surface area contributed by atoms with Crippen molar-refractivity contribution in [2.24, 2.45) is 0 Å². The summed E-state index contributed by atoms with van der Waals surface area (Å²) in [6.07, 6.45) is 2.08. The van der Waals surface area contributed by atoms with Gasteiger partial charge in [-0.3, -0.25) is 14.5 Å². The largest absolute Gasteiger partial charge is 0.487 e. The van der Waals surface area contributed by atoms with Crippen LogP contribution in [0.25, 0.3) is 6.08 Å². The minimum atomic E-state index is -0.893. The lowest BCUT2D eigenvalue weighted by Crippen LogP contribution is -2.29.